The van der Waals surface area contributed by atoms with Gasteiger partial charge in [-0.2, -0.15) is 0 Å². The smallest absolute Gasteiger partial charge is 0.343 e. The Morgan fingerprint density at radius 2 is 2.00 bits per heavy atom. The number of esters is 1. The van der Waals surface area contributed by atoms with Crippen LogP contribution in [0.4, 0.5) is 0 Å². The van der Waals surface area contributed by atoms with Gasteiger partial charge in [0, 0.05) is 6.21 Å². The molecule has 0 radical (unpaired) electrons. The number of aliphatic hydroxyl groups is 1. The Morgan fingerprint density at radius 1 is 1.40 bits per heavy atom. The van der Waals surface area contributed by atoms with Crippen molar-refractivity contribution >= 4 is 18.2 Å². The van der Waals surface area contributed by atoms with Gasteiger partial charge in [0.15, 0.2) is 0 Å². The normalized spacial score (nSPS) is 12.4. The molecule has 6 heteroatoms. The average Bonchev–Trinajstić information content (AvgIpc) is 2.11. The maximum atomic E-state index is 11.2. The molecule has 84 valence electrons. The van der Waals surface area contributed by atoms with Crippen LogP contribution >= 0.6 is 0 Å². The van der Waals surface area contributed by atoms with Gasteiger partial charge < -0.3 is 14.9 Å². The molecule has 6 nitrogen and oxygen atoms in total. The summed E-state index contributed by atoms with van der Waals surface area (Å²) in [7, 11) is 0. The topological polar surface area (TPSA) is 96.2 Å². The number of aliphatic imine (C=N–C) groups is 1. The van der Waals surface area contributed by atoms with Crippen LogP contribution < -0.4 is 0 Å². The van der Waals surface area contributed by atoms with Crippen molar-refractivity contribution in [3.63, 3.8) is 0 Å². The van der Waals surface area contributed by atoms with E-state index in [0.29, 0.717) is 0 Å². The van der Waals surface area contributed by atoms with Crippen LogP contribution in [0.15, 0.2) is 16.3 Å². The second-order valence-electron chi connectivity index (χ2n) is 2.58. The van der Waals surface area contributed by atoms with E-state index in [-0.39, 0.29) is 17.9 Å². The standard InChI is InChI=1S/C9H13NO5/c1-3-15-9(14)7(6(2)11)4-10-5-8(12)13/h4,11H,3,5H2,1-2H3,(H,12,13)/b7-6+,10-4?. The summed E-state index contributed by atoms with van der Waals surface area (Å²) >= 11 is 0. The van der Waals surface area contributed by atoms with E-state index in [9.17, 15) is 9.59 Å². The van der Waals surface area contributed by atoms with E-state index >= 15 is 0 Å². The lowest BCUT2D eigenvalue weighted by atomic mass is 10.2. The number of nitrogens with zero attached hydrogens (tertiary/aromatic N) is 1. The first-order valence-electron chi connectivity index (χ1n) is 4.27. The Hall–Kier alpha value is -1.85. The molecular weight excluding hydrogens is 202 g/mol. The molecule has 0 aromatic heterocycles. The molecule has 0 aliphatic carbocycles. The number of rotatable bonds is 5. The lowest BCUT2D eigenvalue weighted by molar-refractivity contribution is -0.138. The van der Waals surface area contributed by atoms with Crippen molar-refractivity contribution < 1.29 is 24.5 Å². The highest BCUT2D eigenvalue weighted by Gasteiger charge is 2.11. The molecule has 0 fully saturated rings. The van der Waals surface area contributed by atoms with Crippen LogP contribution in [0.25, 0.3) is 0 Å². The molecule has 0 unspecified atom stereocenters. The zero-order valence-corrected chi connectivity index (χ0v) is 8.56. The fourth-order valence-corrected chi connectivity index (χ4v) is 0.718. The van der Waals surface area contributed by atoms with Crippen molar-refractivity contribution in [2.24, 2.45) is 4.99 Å². The van der Waals surface area contributed by atoms with Gasteiger partial charge >= 0.3 is 11.9 Å². The van der Waals surface area contributed by atoms with Crippen molar-refractivity contribution in [1.29, 1.82) is 0 Å². The number of hydrogen-bond acceptors (Lipinski definition) is 5. The summed E-state index contributed by atoms with van der Waals surface area (Å²) in [5.41, 5.74) is -0.141. The van der Waals surface area contributed by atoms with E-state index in [1.54, 1.807) is 6.92 Å². The monoisotopic (exact) mass is 215 g/mol. The van der Waals surface area contributed by atoms with Gasteiger partial charge in [-0.1, -0.05) is 0 Å². The fourth-order valence-electron chi connectivity index (χ4n) is 0.718. The molecule has 0 atom stereocenters. The van der Waals surface area contributed by atoms with Crippen molar-refractivity contribution in [3.05, 3.63) is 11.3 Å². The minimum atomic E-state index is -1.12. The zero-order valence-electron chi connectivity index (χ0n) is 8.56. The molecule has 0 saturated carbocycles. The van der Waals surface area contributed by atoms with Gasteiger partial charge in [-0.25, -0.2) is 4.79 Å². The van der Waals surface area contributed by atoms with Crippen molar-refractivity contribution in [2.45, 2.75) is 13.8 Å². The molecule has 0 aliphatic heterocycles. The van der Waals surface area contributed by atoms with E-state index in [0.717, 1.165) is 6.21 Å². The van der Waals surface area contributed by atoms with Crippen LogP contribution in [0.2, 0.25) is 0 Å². The van der Waals surface area contributed by atoms with E-state index in [2.05, 4.69) is 9.73 Å². The molecule has 15 heavy (non-hydrogen) atoms. The number of carbonyl (C=O) groups excluding carboxylic acids is 1. The number of aliphatic hydroxyl groups excluding tert-OH is 1. The SMILES string of the molecule is CCOC(=O)/C(C=NCC(=O)O)=C(\C)O. The molecular formula is C9H13NO5. The molecule has 0 heterocycles. The third-order valence-corrected chi connectivity index (χ3v) is 1.33. The van der Waals surface area contributed by atoms with E-state index in [4.69, 9.17) is 10.2 Å². The van der Waals surface area contributed by atoms with Crippen LogP contribution in [0.5, 0.6) is 0 Å². The lowest BCUT2D eigenvalue weighted by Gasteiger charge is -2.02. The number of allylic oxidation sites excluding steroid dienone is 1. The number of ether oxygens (including phenoxy) is 1. The van der Waals surface area contributed by atoms with Gasteiger partial charge in [0.1, 0.15) is 17.9 Å². The number of aliphatic carboxylic acids is 1. The first-order valence-corrected chi connectivity index (χ1v) is 4.27. The van der Waals surface area contributed by atoms with Crippen LogP contribution in [0.3, 0.4) is 0 Å². The van der Waals surface area contributed by atoms with Gasteiger partial charge in [-0.05, 0) is 13.8 Å². The van der Waals surface area contributed by atoms with Crippen molar-refractivity contribution in [1.82, 2.24) is 0 Å². The predicted molar refractivity (Wildman–Crippen MR) is 53.0 cm³/mol. The highest BCUT2D eigenvalue weighted by Crippen LogP contribution is 2.01. The van der Waals surface area contributed by atoms with Crippen molar-refractivity contribution in [3.8, 4) is 0 Å². The second kappa shape index (κ2) is 6.58. The number of carboxylic acids is 1. The molecule has 0 aliphatic rings. The first-order chi connectivity index (χ1) is 6.99. The van der Waals surface area contributed by atoms with E-state index in [1.165, 1.54) is 6.92 Å². The largest absolute Gasteiger partial charge is 0.512 e. The summed E-state index contributed by atoms with van der Waals surface area (Å²) in [5.74, 6) is -2.11. The molecule has 0 aromatic carbocycles. The van der Waals surface area contributed by atoms with Crippen LogP contribution in [-0.2, 0) is 14.3 Å². The molecule has 0 amide bonds. The number of carboxylic acid groups (broad SMARTS) is 1. The van der Waals surface area contributed by atoms with Crippen molar-refractivity contribution in [2.75, 3.05) is 13.2 Å². The summed E-state index contributed by atoms with van der Waals surface area (Å²) < 4.78 is 4.63. The minimum Gasteiger partial charge on any atom is -0.512 e. The maximum Gasteiger partial charge on any atom is 0.343 e. The Kier molecular flexibility index (Phi) is 5.77. The zero-order chi connectivity index (χ0) is 11.8. The maximum absolute atomic E-state index is 11.2. The fraction of sp³-hybridized carbons (Fsp3) is 0.444. The number of carbonyl (C=O) groups is 2. The van der Waals surface area contributed by atoms with Crippen LogP contribution in [-0.4, -0.2) is 41.5 Å². The van der Waals surface area contributed by atoms with Gasteiger partial charge in [-0.3, -0.25) is 9.79 Å². The van der Waals surface area contributed by atoms with Gasteiger partial charge in [0.2, 0.25) is 0 Å². The van der Waals surface area contributed by atoms with E-state index in [1.807, 2.05) is 0 Å². The highest BCUT2D eigenvalue weighted by molar-refractivity contribution is 6.10. The Balaban J connectivity index is 4.57. The van der Waals surface area contributed by atoms with Gasteiger partial charge in [-0.15, -0.1) is 0 Å². The summed E-state index contributed by atoms with van der Waals surface area (Å²) in [6.07, 6.45) is 0.988. The minimum absolute atomic E-state index is 0.141. The van der Waals surface area contributed by atoms with Crippen LogP contribution in [0, 0.1) is 0 Å². The summed E-state index contributed by atoms with van der Waals surface area (Å²) in [5, 5.41) is 17.4. The summed E-state index contributed by atoms with van der Waals surface area (Å²) in [6, 6.07) is 0. The quantitative estimate of drug-likeness (QED) is 0.302. The second-order valence-corrected chi connectivity index (χ2v) is 2.58. The Bertz CT molecular complexity index is 302. The molecule has 2 N–H and O–H groups in total. The summed E-state index contributed by atoms with van der Waals surface area (Å²) in [4.78, 5) is 24.8. The Labute approximate surface area is 86.9 Å². The average molecular weight is 215 g/mol. The Morgan fingerprint density at radius 3 is 2.40 bits per heavy atom. The third-order valence-electron chi connectivity index (χ3n) is 1.33. The predicted octanol–water partition coefficient (Wildman–Crippen LogP) is 0.537. The van der Waals surface area contributed by atoms with Gasteiger partial charge in [0.05, 0.1) is 6.61 Å². The highest BCUT2D eigenvalue weighted by atomic mass is 16.5. The molecule has 0 rings (SSSR count). The molecule has 0 spiro atoms. The molecule has 0 bridgehead atoms. The molecule has 0 aromatic rings. The summed E-state index contributed by atoms with van der Waals surface area (Å²) in [6.45, 7) is 2.62. The molecule has 0 saturated heterocycles. The third kappa shape index (κ3) is 5.45. The number of hydrogen-bond donors (Lipinski definition) is 2. The van der Waals surface area contributed by atoms with E-state index < -0.39 is 18.5 Å². The lowest BCUT2D eigenvalue weighted by Crippen LogP contribution is -2.11. The van der Waals surface area contributed by atoms with Crippen LogP contribution in [0.1, 0.15) is 13.8 Å². The van der Waals surface area contributed by atoms with Gasteiger partial charge in [0.25, 0.3) is 0 Å². The first kappa shape index (κ1) is 13.2.